The molecule has 4 N–H and O–H groups in total. The molecule has 0 spiro atoms. The van der Waals surface area contributed by atoms with Crippen LogP contribution in [0, 0.1) is 11.8 Å². The number of carbonyl (C=O) groups is 2. The highest BCUT2D eigenvalue weighted by Crippen LogP contribution is 2.25. The van der Waals surface area contributed by atoms with Crippen molar-refractivity contribution < 1.29 is 9.59 Å². The SMILES string of the molecule is CC(CC(=O)N1CCCCC1CNC(N)=O)C1CCCNC1. The molecular weight excluding hydrogens is 280 g/mol. The van der Waals surface area contributed by atoms with Crippen LogP contribution in [-0.4, -0.2) is 49.1 Å². The number of nitrogens with two attached hydrogens (primary N) is 1. The molecule has 2 aliphatic rings. The van der Waals surface area contributed by atoms with Crippen LogP contribution in [0.2, 0.25) is 0 Å². The lowest BCUT2D eigenvalue weighted by Crippen LogP contribution is -2.50. The molecule has 0 radical (unpaired) electrons. The average Bonchev–Trinajstić information content (AvgIpc) is 2.54. The third-order valence-electron chi connectivity index (χ3n) is 5.10. The zero-order valence-electron chi connectivity index (χ0n) is 13.6. The van der Waals surface area contributed by atoms with Gasteiger partial charge in [-0.05, 0) is 57.0 Å². The summed E-state index contributed by atoms with van der Waals surface area (Å²) in [5.74, 6) is 1.24. The third kappa shape index (κ3) is 4.87. The zero-order chi connectivity index (χ0) is 15.9. The molecule has 22 heavy (non-hydrogen) atoms. The molecule has 2 saturated heterocycles. The lowest BCUT2D eigenvalue weighted by Gasteiger charge is -2.37. The number of primary amides is 1. The summed E-state index contributed by atoms with van der Waals surface area (Å²) >= 11 is 0. The van der Waals surface area contributed by atoms with Gasteiger partial charge in [-0.3, -0.25) is 4.79 Å². The van der Waals surface area contributed by atoms with Crippen LogP contribution in [0.25, 0.3) is 0 Å². The van der Waals surface area contributed by atoms with Crippen LogP contribution in [0.15, 0.2) is 0 Å². The topological polar surface area (TPSA) is 87.5 Å². The van der Waals surface area contributed by atoms with E-state index in [0.717, 1.165) is 38.9 Å². The van der Waals surface area contributed by atoms with E-state index in [2.05, 4.69) is 17.6 Å². The van der Waals surface area contributed by atoms with Crippen LogP contribution < -0.4 is 16.4 Å². The van der Waals surface area contributed by atoms with Gasteiger partial charge in [-0.15, -0.1) is 0 Å². The van der Waals surface area contributed by atoms with E-state index >= 15 is 0 Å². The van der Waals surface area contributed by atoms with Crippen molar-refractivity contribution in [1.82, 2.24) is 15.5 Å². The molecule has 3 unspecified atom stereocenters. The van der Waals surface area contributed by atoms with Gasteiger partial charge in [0.25, 0.3) is 0 Å². The molecule has 0 aromatic heterocycles. The maximum Gasteiger partial charge on any atom is 0.312 e. The maximum atomic E-state index is 12.7. The van der Waals surface area contributed by atoms with Gasteiger partial charge in [0.05, 0.1) is 0 Å². The minimum atomic E-state index is -0.514. The van der Waals surface area contributed by atoms with Crippen LogP contribution >= 0.6 is 0 Å². The van der Waals surface area contributed by atoms with Gasteiger partial charge in [0.15, 0.2) is 0 Å². The normalized spacial score (nSPS) is 27.2. The van der Waals surface area contributed by atoms with Crippen molar-refractivity contribution in [2.45, 2.75) is 51.5 Å². The number of hydrogen-bond donors (Lipinski definition) is 3. The zero-order valence-corrected chi connectivity index (χ0v) is 13.6. The summed E-state index contributed by atoms with van der Waals surface area (Å²) in [5, 5.41) is 6.08. The summed E-state index contributed by atoms with van der Waals surface area (Å²) in [5.41, 5.74) is 5.15. The summed E-state index contributed by atoms with van der Waals surface area (Å²) in [6, 6.07) is -0.412. The first kappa shape index (κ1) is 17.1. The molecule has 2 aliphatic heterocycles. The van der Waals surface area contributed by atoms with Gasteiger partial charge in [-0.2, -0.15) is 0 Å². The summed E-state index contributed by atoms with van der Waals surface area (Å²) in [7, 11) is 0. The van der Waals surface area contributed by atoms with E-state index in [-0.39, 0.29) is 11.9 Å². The minimum Gasteiger partial charge on any atom is -0.352 e. The second-order valence-electron chi connectivity index (χ2n) is 6.77. The molecule has 6 nitrogen and oxygen atoms in total. The molecule has 0 aromatic rings. The quantitative estimate of drug-likeness (QED) is 0.709. The van der Waals surface area contributed by atoms with Gasteiger partial charge in [0, 0.05) is 25.6 Å². The minimum absolute atomic E-state index is 0.102. The molecule has 2 heterocycles. The smallest absolute Gasteiger partial charge is 0.312 e. The summed E-state index contributed by atoms with van der Waals surface area (Å²) in [4.78, 5) is 25.5. The van der Waals surface area contributed by atoms with Gasteiger partial charge in [-0.25, -0.2) is 4.79 Å². The number of likely N-dealkylation sites (tertiary alicyclic amines) is 1. The van der Waals surface area contributed by atoms with E-state index in [0.29, 0.717) is 24.8 Å². The van der Waals surface area contributed by atoms with Crippen molar-refractivity contribution >= 4 is 11.9 Å². The van der Waals surface area contributed by atoms with E-state index in [1.54, 1.807) is 0 Å². The predicted molar refractivity (Wildman–Crippen MR) is 86.3 cm³/mol. The van der Waals surface area contributed by atoms with Crippen LogP contribution in [0.1, 0.15) is 45.4 Å². The van der Waals surface area contributed by atoms with Crippen molar-refractivity contribution in [2.24, 2.45) is 17.6 Å². The standard InChI is InChI=1S/C16H30N4O2/c1-12(13-5-4-7-18-10-13)9-15(21)20-8-3-2-6-14(20)11-19-16(17)22/h12-14,18H,2-11H2,1H3,(H3,17,19,22). The molecule has 3 atom stereocenters. The molecule has 126 valence electrons. The van der Waals surface area contributed by atoms with Gasteiger partial charge in [0.1, 0.15) is 0 Å². The number of rotatable bonds is 5. The summed E-state index contributed by atoms with van der Waals surface area (Å²) < 4.78 is 0. The van der Waals surface area contributed by atoms with E-state index in [1.807, 2.05) is 4.90 Å². The van der Waals surface area contributed by atoms with E-state index in [1.165, 1.54) is 12.8 Å². The molecule has 0 aromatic carbocycles. The highest BCUT2D eigenvalue weighted by molar-refractivity contribution is 5.77. The summed E-state index contributed by atoms with van der Waals surface area (Å²) in [6.45, 7) is 5.60. The molecule has 2 fully saturated rings. The Morgan fingerprint density at radius 2 is 2.14 bits per heavy atom. The second-order valence-corrected chi connectivity index (χ2v) is 6.77. The monoisotopic (exact) mass is 310 g/mol. The van der Waals surface area contributed by atoms with Crippen LogP contribution in [-0.2, 0) is 4.79 Å². The van der Waals surface area contributed by atoms with Gasteiger partial charge >= 0.3 is 6.03 Å². The molecule has 0 bridgehead atoms. The fourth-order valence-corrected chi connectivity index (χ4v) is 3.68. The van der Waals surface area contributed by atoms with E-state index in [4.69, 9.17) is 5.73 Å². The Bertz CT molecular complexity index is 382. The fraction of sp³-hybridized carbons (Fsp3) is 0.875. The Kier molecular flexibility index (Phi) is 6.49. The maximum absolute atomic E-state index is 12.7. The first-order chi connectivity index (χ1) is 10.6. The molecule has 2 rings (SSSR count). The van der Waals surface area contributed by atoms with Crippen molar-refractivity contribution in [2.75, 3.05) is 26.2 Å². The Labute approximate surface area is 133 Å². The predicted octanol–water partition coefficient (Wildman–Crippen LogP) is 1.06. The summed E-state index contributed by atoms with van der Waals surface area (Å²) in [6.07, 6.45) is 6.14. The largest absolute Gasteiger partial charge is 0.352 e. The van der Waals surface area contributed by atoms with Gasteiger partial charge < -0.3 is 21.3 Å². The lowest BCUT2D eigenvalue weighted by molar-refractivity contribution is -0.136. The Morgan fingerprint density at radius 3 is 2.82 bits per heavy atom. The first-order valence-electron chi connectivity index (χ1n) is 8.61. The van der Waals surface area contributed by atoms with E-state index < -0.39 is 6.03 Å². The average molecular weight is 310 g/mol. The van der Waals surface area contributed by atoms with Crippen molar-refractivity contribution in [3.63, 3.8) is 0 Å². The number of urea groups is 1. The van der Waals surface area contributed by atoms with Crippen LogP contribution in [0.3, 0.4) is 0 Å². The first-order valence-corrected chi connectivity index (χ1v) is 8.61. The number of amides is 3. The highest BCUT2D eigenvalue weighted by Gasteiger charge is 2.29. The van der Waals surface area contributed by atoms with Crippen molar-refractivity contribution in [1.29, 1.82) is 0 Å². The highest BCUT2D eigenvalue weighted by atomic mass is 16.2. The van der Waals surface area contributed by atoms with Crippen LogP contribution in [0.5, 0.6) is 0 Å². The molecule has 6 heteroatoms. The fourth-order valence-electron chi connectivity index (χ4n) is 3.68. The molecular formula is C16H30N4O2. The Morgan fingerprint density at radius 1 is 1.32 bits per heavy atom. The van der Waals surface area contributed by atoms with Gasteiger partial charge in [0.2, 0.25) is 5.91 Å². The molecule has 0 saturated carbocycles. The third-order valence-corrected chi connectivity index (χ3v) is 5.10. The second kappa shape index (κ2) is 8.36. The number of hydrogen-bond acceptors (Lipinski definition) is 3. The number of nitrogens with one attached hydrogen (secondary N) is 2. The van der Waals surface area contributed by atoms with E-state index in [9.17, 15) is 9.59 Å². The number of nitrogens with zero attached hydrogens (tertiary/aromatic N) is 1. The van der Waals surface area contributed by atoms with Crippen molar-refractivity contribution in [3.8, 4) is 0 Å². The van der Waals surface area contributed by atoms with Crippen LogP contribution in [0.4, 0.5) is 4.79 Å². The lowest BCUT2D eigenvalue weighted by atomic mass is 9.85. The van der Waals surface area contributed by atoms with Crippen molar-refractivity contribution in [3.05, 3.63) is 0 Å². The Balaban J connectivity index is 1.86. The number of carbonyl (C=O) groups excluding carboxylic acids is 2. The molecule has 3 amide bonds. The Hall–Kier alpha value is -1.30. The van der Waals surface area contributed by atoms with Gasteiger partial charge in [-0.1, -0.05) is 6.92 Å². The molecule has 0 aliphatic carbocycles. The number of piperidine rings is 2.